The number of hydrogen-bond acceptors (Lipinski definition) is 13. The van der Waals surface area contributed by atoms with E-state index in [9.17, 15) is 41.9 Å². The lowest BCUT2D eigenvalue weighted by atomic mass is 9.74. The fraction of sp³-hybridized carbons (Fsp3) is 0.811. The summed E-state index contributed by atoms with van der Waals surface area (Å²) in [5.74, 6) is -13.0. The Hall–Kier alpha value is -6.72. The number of carbonyl (C=O) groups is 12. The standard InChI is InChI=1S/C74H118ClF5N12O13/c1-16-44(7)62-70(102)86(11)42-60(95)87(12)53-24-21-20-22-33-91(69(53)101)57(37-45-25-28-48(29-26-45)74(78,79)80)68(100)85(10)41-58(93)81-52(30-27-46-35-50(76)61(75)51(77)36-46)66(98)92-40-49(105-19-4)38-55(92)65(97)83-73(31-23-32-73)72(104)90(15)63(47(17-2)18-3)71(103)89(14)56(67(99)84(8)9)39-59(94)88(13)54(34-43(5)6)64(96)82-62/h20-21,43-57,61-63H,16-19,22-42H2,1-15H3,(H,81,93)(H,82,96)(H,83,97)/b21-20-/t44-,45?,46?,48?,49+,50?,51?,52-,53?,54-,55-,56-,57-,61?,62-,63-/m0/s1. The highest BCUT2D eigenvalue weighted by Crippen LogP contribution is 2.43. The van der Waals surface area contributed by atoms with Crippen LogP contribution in [0.15, 0.2) is 12.2 Å². The summed E-state index contributed by atoms with van der Waals surface area (Å²) in [7, 11) is 11.1. The van der Waals surface area contributed by atoms with Crippen molar-refractivity contribution in [3.05, 3.63) is 12.2 Å². The molecule has 0 radical (unpaired) electrons. The van der Waals surface area contributed by atoms with Crippen LogP contribution in [0.25, 0.3) is 0 Å². The minimum Gasteiger partial charge on any atom is -0.377 e. The van der Waals surface area contributed by atoms with E-state index in [1.807, 2.05) is 27.7 Å². The fourth-order valence-electron chi connectivity index (χ4n) is 16.0. The fourth-order valence-corrected chi connectivity index (χ4v) is 16.2. The lowest BCUT2D eigenvalue weighted by molar-refractivity contribution is -0.184. The Bertz CT molecular complexity index is 3090. The van der Waals surface area contributed by atoms with Crippen molar-refractivity contribution in [2.75, 3.05) is 89.2 Å². The van der Waals surface area contributed by atoms with Gasteiger partial charge in [0.15, 0.2) is 0 Å². The van der Waals surface area contributed by atoms with Crippen LogP contribution in [0.2, 0.25) is 0 Å². The van der Waals surface area contributed by atoms with Gasteiger partial charge in [-0.2, -0.15) is 13.2 Å². The summed E-state index contributed by atoms with van der Waals surface area (Å²) in [5.41, 5.74) is -1.64. The molecule has 6 aliphatic rings. The second-order valence-electron chi connectivity index (χ2n) is 31.1. The number of fused-ring (bicyclic) bond motifs is 3. The maximum absolute atomic E-state index is 15.5. The third kappa shape index (κ3) is 21.6. The number of ether oxygens (including phenoxy) is 1. The van der Waals surface area contributed by atoms with Crippen LogP contribution in [0.3, 0.4) is 0 Å². The van der Waals surface area contributed by atoms with Gasteiger partial charge in [0, 0.05) is 82.5 Å². The molecule has 105 heavy (non-hydrogen) atoms. The molecule has 3 unspecified atom stereocenters. The van der Waals surface area contributed by atoms with Crippen molar-refractivity contribution in [1.29, 1.82) is 0 Å². The number of likely N-dealkylation sites (N-methyl/N-ethyl adjacent to an activating group) is 7. The number of hydrogen-bond donors (Lipinski definition) is 3. The Morgan fingerprint density at radius 2 is 1.30 bits per heavy atom. The molecule has 3 N–H and O–H groups in total. The molecule has 6 rings (SSSR count). The van der Waals surface area contributed by atoms with Crippen LogP contribution < -0.4 is 16.0 Å². The van der Waals surface area contributed by atoms with E-state index in [0.717, 1.165) is 19.6 Å². The van der Waals surface area contributed by atoms with Crippen LogP contribution in [0.5, 0.6) is 0 Å². The first kappa shape index (κ1) is 87.2. The zero-order valence-electron chi connectivity index (χ0n) is 64.3. The van der Waals surface area contributed by atoms with Crippen LogP contribution in [0.4, 0.5) is 22.0 Å². The molecule has 12 atom stereocenters. The van der Waals surface area contributed by atoms with E-state index < -0.39 is 204 Å². The summed E-state index contributed by atoms with van der Waals surface area (Å²) in [6.45, 7) is 11.0. The Kier molecular flexibility index (Phi) is 31.9. The molecule has 2 saturated heterocycles. The normalized spacial score (nSPS) is 31.5. The molecule has 31 heteroatoms. The Balaban J connectivity index is 1.48. The van der Waals surface area contributed by atoms with Gasteiger partial charge in [-0.05, 0) is 133 Å². The average molecular weight is 1510 g/mol. The Morgan fingerprint density at radius 3 is 1.85 bits per heavy atom. The quantitative estimate of drug-likeness (QED) is 0.0962. The van der Waals surface area contributed by atoms with Crippen LogP contribution in [-0.2, 0) is 62.3 Å². The van der Waals surface area contributed by atoms with Gasteiger partial charge >= 0.3 is 6.18 Å². The van der Waals surface area contributed by atoms with Gasteiger partial charge in [-0.25, -0.2) is 8.78 Å². The predicted octanol–water partition coefficient (Wildman–Crippen LogP) is 6.03. The maximum Gasteiger partial charge on any atom is 0.391 e. The molecule has 0 aromatic rings. The number of nitrogens with one attached hydrogen (secondary N) is 3. The zero-order valence-corrected chi connectivity index (χ0v) is 65.1. The van der Waals surface area contributed by atoms with Crippen LogP contribution in [0, 0.1) is 35.5 Å². The highest BCUT2D eigenvalue weighted by molar-refractivity contribution is 6.21. The van der Waals surface area contributed by atoms with E-state index in [4.69, 9.17) is 16.3 Å². The molecule has 3 aliphatic carbocycles. The topological polar surface area (TPSA) is 279 Å². The van der Waals surface area contributed by atoms with E-state index in [1.54, 1.807) is 32.9 Å². The zero-order chi connectivity index (χ0) is 78.4. The molecular weight excluding hydrogens is 1400 g/mol. The monoisotopic (exact) mass is 1510 g/mol. The lowest BCUT2D eigenvalue weighted by Gasteiger charge is -2.47. The van der Waals surface area contributed by atoms with Crippen LogP contribution in [0.1, 0.15) is 177 Å². The number of halogens is 6. The molecule has 1 spiro atoms. The molecule has 3 heterocycles. The van der Waals surface area contributed by atoms with E-state index in [2.05, 4.69) is 16.0 Å². The highest BCUT2D eigenvalue weighted by Gasteiger charge is 2.54. The summed E-state index contributed by atoms with van der Waals surface area (Å²) in [5, 5.41) is 7.19. The van der Waals surface area contributed by atoms with Crippen molar-refractivity contribution >= 4 is 82.5 Å². The third-order valence-corrected chi connectivity index (χ3v) is 23.6. The summed E-state index contributed by atoms with van der Waals surface area (Å²) >= 11 is 6.09. The molecule has 0 aromatic carbocycles. The van der Waals surface area contributed by atoms with Crippen molar-refractivity contribution < 1.29 is 84.2 Å². The smallest absolute Gasteiger partial charge is 0.377 e. The largest absolute Gasteiger partial charge is 0.391 e. The molecule has 5 fully saturated rings. The molecule has 594 valence electrons. The molecule has 12 amide bonds. The SMILES string of the molecule is CCO[C@@H]1C[C@H]2C(=O)NC3(CCC3)C(=O)N(C)[C@@H](C(CC)CC)C(=O)N(C)[C@H](C(=O)N(C)C)CC(=O)N(C)[C@@H](CC(C)C)C(=O)N[C@@H]([C@@H](C)CC)C(=O)N(C)CC(=O)N(C)C3C/C=C\CCN(C3=O)[C@@H](CC3CCC(C(F)(F)F)CC3)C(=O)N(C)CC(=O)N[C@@H](CCC3CC(F)C(Cl)C(F)C3)C(=O)N2C1. The first-order valence-electron chi connectivity index (χ1n) is 37.8. The summed E-state index contributed by atoms with van der Waals surface area (Å²) < 4.78 is 79.0. The molecule has 2 bridgehead atoms. The van der Waals surface area contributed by atoms with Crippen molar-refractivity contribution in [3.8, 4) is 0 Å². The van der Waals surface area contributed by atoms with E-state index in [-0.39, 0.29) is 122 Å². The van der Waals surface area contributed by atoms with Crippen molar-refractivity contribution in [3.63, 3.8) is 0 Å². The molecule has 25 nitrogen and oxygen atoms in total. The van der Waals surface area contributed by atoms with Crippen molar-refractivity contribution in [1.82, 2.24) is 60.0 Å². The molecule has 3 aliphatic heterocycles. The van der Waals surface area contributed by atoms with Crippen LogP contribution >= 0.6 is 11.6 Å². The van der Waals surface area contributed by atoms with E-state index in [0.29, 0.717) is 25.7 Å². The average Bonchev–Trinajstić information content (AvgIpc) is 0.920. The molecular formula is C74H118ClF5N12O13. The second kappa shape index (κ2) is 38.4. The van der Waals surface area contributed by atoms with Gasteiger partial charge in [0.25, 0.3) is 0 Å². The lowest BCUT2D eigenvalue weighted by Crippen LogP contribution is -2.68. The van der Waals surface area contributed by atoms with Crippen LogP contribution in [-0.4, -0.2) is 288 Å². The van der Waals surface area contributed by atoms with E-state index in [1.165, 1.54) is 80.9 Å². The number of rotatable bonds is 15. The van der Waals surface area contributed by atoms with E-state index >= 15 is 37.5 Å². The summed E-state index contributed by atoms with van der Waals surface area (Å²) in [4.78, 5) is 191. The highest BCUT2D eigenvalue weighted by atomic mass is 35.5. The summed E-state index contributed by atoms with van der Waals surface area (Å²) in [6.07, 6.45) is -5.15. The second-order valence-corrected chi connectivity index (χ2v) is 31.6. The number of alkyl halides is 6. The third-order valence-electron chi connectivity index (χ3n) is 23.1. The number of amides is 12. The predicted molar refractivity (Wildman–Crippen MR) is 383 cm³/mol. The van der Waals surface area contributed by atoms with Gasteiger partial charge in [0.05, 0.1) is 36.9 Å². The number of carbonyl (C=O) groups excluding carboxylic acids is 12. The van der Waals surface area contributed by atoms with Crippen molar-refractivity contribution in [2.45, 2.75) is 261 Å². The summed E-state index contributed by atoms with van der Waals surface area (Å²) in [6, 6.07) is -10.9. The minimum atomic E-state index is -4.47. The Labute approximate surface area is 621 Å². The van der Waals surface area contributed by atoms with Gasteiger partial charge in [0.1, 0.15) is 66.2 Å². The van der Waals surface area contributed by atoms with Gasteiger partial charge < -0.3 is 64.8 Å². The number of nitrogens with zero attached hydrogens (tertiary/aromatic N) is 9. The molecule has 0 aromatic heterocycles. The molecule has 3 saturated carbocycles. The van der Waals surface area contributed by atoms with Gasteiger partial charge in [-0.15, -0.1) is 11.6 Å². The van der Waals surface area contributed by atoms with Gasteiger partial charge in [0.2, 0.25) is 70.9 Å². The minimum absolute atomic E-state index is 0.0209. The van der Waals surface area contributed by atoms with Gasteiger partial charge in [-0.1, -0.05) is 73.0 Å². The van der Waals surface area contributed by atoms with Gasteiger partial charge in [-0.3, -0.25) is 57.5 Å². The maximum atomic E-state index is 15.5. The van der Waals surface area contributed by atoms with Crippen molar-refractivity contribution in [2.24, 2.45) is 35.5 Å². The first-order chi connectivity index (χ1) is 49.3. The Morgan fingerprint density at radius 1 is 0.676 bits per heavy atom. The first-order valence-corrected chi connectivity index (χ1v) is 38.3.